The Morgan fingerprint density at radius 1 is 1.41 bits per heavy atom. The lowest BCUT2D eigenvalue weighted by Crippen LogP contribution is -1.94. The second kappa shape index (κ2) is 5.37. The first-order valence-electron chi connectivity index (χ1n) is 6.14. The summed E-state index contributed by atoms with van der Waals surface area (Å²) in [7, 11) is 0. The van der Waals surface area contributed by atoms with Gasteiger partial charge in [-0.15, -0.1) is 10.2 Å². The molecule has 0 atom stereocenters. The third-order valence-corrected chi connectivity index (χ3v) is 2.94. The van der Waals surface area contributed by atoms with Crippen LogP contribution in [0.2, 0.25) is 0 Å². The number of tetrazole rings is 1. The molecule has 0 unspecified atom stereocenters. The lowest BCUT2D eigenvalue weighted by molar-refractivity contribution is 0.0691. The molecule has 9 heteroatoms. The molecule has 0 aliphatic carbocycles. The van der Waals surface area contributed by atoms with Crippen LogP contribution >= 0.6 is 0 Å². The Bertz CT molecular complexity index is 902. The summed E-state index contributed by atoms with van der Waals surface area (Å²) in [5.41, 5.74) is 1.74. The SMILES string of the molecule is N#CC(=CNc1ccc2[nH]c(C(=O)O)cc2c1)c1nn[nH]n1. The fourth-order valence-corrected chi connectivity index (χ4v) is 1.92. The van der Waals surface area contributed by atoms with E-state index >= 15 is 0 Å². The summed E-state index contributed by atoms with van der Waals surface area (Å²) in [6.45, 7) is 0. The highest BCUT2D eigenvalue weighted by atomic mass is 16.4. The maximum Gasteiger partial charge on any atom is 0.352 e. The van der Waals surface area contributed by atoms with Gasteiger partial charge in [0.05, 0.1) is 0 Å². The number of nitrogens with one attached hydrogen (secondary N) is 3. The molecule has 0 aliphatic rings. The maximum absolute atomic E-state index is 10.9. The topological polar surface area (TPSA) is 143 Å². The molecule has 108 valence electrons. The lowest BCUT2D eigenvalue weighted by atomic mass is 10.2. The first-order valence-corrected chi connectivity index (χ1v) is 6.14. The number of carboxylic acid groups (broad SMARTS) is 1. The summed E-state index contributed by atoms with van der Waals surface area (Å²) in [5.74, 6) is -0.833. The minimum atomic E-state index is -1.02. The number of hydrogen-bond donors (Lipinski definition) is 4. The molecule has 2 aromatic heterocycles. The lowest BCUT2D eigenvalue weighted by Gasteiger charge is -2.01. The van der Waals surface area contributed by atoms with Crippen LogP contribution in [0, 0.1) is 11.3 Å². The van der Waals surface area contributed by atoms with Crippen LogP contribution < -0.4 is 5.32 Å². The molecule has 2 heterocycles. The highest BCUT2D eigenvalue weighted by molar-refractivity contribution is 5.94. The van der Waals surface area contributed by atoms with E-state index in [1.165, 1.54) is 12.3 Å². The van der Waals surface area contributed by atoms with E-state index < -0.39 is 5.97 Å². The van der Waals surface area contributed by atoms with Crippen LogP contribution in [0.3, 0.4) is 0 Å². The van der Waals surface area contributed by atoms with Crippen LogP contribution in [0.25, 0.3) is 16.5 Å². The Morgan fingerprint density at radius 3 is 2.95 bits per heavy atom. The summed E-state index contributed by atoms with van der Waals surface area (Å²) >= 11 is 0. The van der Waals surface area contributed by atoms with Gasteiger partial charge in [0.2, 0.25) is 5.82 Å². The second-order valence-corrected chi connectivity index (χ2v) is 4.34. The normalized spacial score (nSPS) is 11.3. The molecule has 0 amide bonds. The number of allylic oxidation sites excluding steroid dienone is 1. The highest BCUT2D eigenvalue weighted by Crippen LogP contribution is 2.20. The fraction of sp³-hybridized carbons (Fsp3) is 0. The minimum absolute atomic E-state index is 0.118. The number of H-pyrrole nitrogens is 2. The van der Waals surface area contributed by atoms with Gasteiger partial charge in [0.1, 0.15) is 17.3 Å². The minimum Gasteiger partial charge on any atom is -0.477 e. The van der Waals surface area contributed by atoms with Gasteiger partial charge in [-0.05, 0) is 29.5 Å². The van der Waals surface area contributed by atoms with Crippen molar-refractivity contribution >= 4 is 28.1 Å². The van der Waals surface area contributed by atoms with Gasteiger partial charge in [-0.3, -0.25) is 0 Å². The quantitative estimate of drug-likeness (QED) is 0.532. The van der Waals surface area contributed by atoms with Gasteiger partial charge in [-0.1, -0.05) is 0 Å². The largest absolute Gasteiger partial charge is 0.477 e. The number of anilines is 1. The number of nitriles is 1. The van der Waals surface area contributed by atoms with Gasteiger partial charge in [-0.25, -0.2) is 4.79 Å². The van der Waals surface area contributed by atoms with Gasteiger partial charge in [-0.2, -0.15) is 10.5 Å². The van der Waals surface area contributed by atoms with E-state index in [4.69, 9.17) is 10.4 Å². The van der Waals surface area contributed by atoms with E-state index in [1.54, 1.807) is 18.2 Å². The van der Waals surface area contributed by atoms with Gasteiger partial charge in [0, 0.05) is 22.8 Å². The molecule has 0 aliphatic heterocycles. The van der Waals surface area contributed by atoms with Crippen LogP contribution in [-0.2, 0) is 0 Å². The summed E-state index contributed by atoms with van der Waals surface area (Å²) in [6, 6.07) is 8.77. The van der Waals surface area contributed by atoms with Crippen molar-refractivity contribution in [2.75, 3.05) is 5.32 Å². The van der Waals surface area contributed by atoms with E-state index in [0.717, 1.165) is 5.39 Å². The molecule has 3 aromatic rings. The van der Waals surface area contributed by atoms with E-state index in [-0.39, 0.29) is 17.1 Å². The van der Waals surface area contributed by atoms with Gasteiger partial charge in [0.15, 0.2) is 0 Å². The predicted octanol–water partition coefficient (Wildman–Crippen LogP) is 1.36. The van der Waals surface area contributed by atoms with Crippen LogP contribution in [0.4, 0.5) is 5.69 Å². The standard InChI is InChI=1S/C13H9N7O2/c14-5-8(12-17-19-20-18-12)6-15-9-1-2-10-7(3-9)4-11(16-10)13(21)22/h1-4,6,15-16H,(H,21,22)(H,17,18,19,20). The van der Waals surface area contributed by atoms with E-state index in [2.05, 4.69) is 30.9 Å². The summed E-state index contributed by atoms with van der Waals surface area (Å²) in [5, 5.41) is 34.8. The number of fused-ring (bicyclic) bond motifs is 1. The van der Waals surface area contributed by atoms with E-state index in [1.807, 2.05) is 6.07 Å². The number of rotatable bonds is 4. The second-order valence-electron chi connectivity index (χ2n) is 4.34. The molecule has 0 saturated heterocycles. The first-order chi connectivity index (χ1) is 10.7. The Balaban J connectivity index is 1.88. The third kappa shape index (κ3) is 2.48. The van der Waals surface area contributed by atoms with Gasteiger partial charge >= 0.3 is 5.97 Å². The van der Waals surface area contributed by atoms with E-state index in [9.17, 15) is 4.79 Å². The number of aromatic amines is 2. The number of carbonyl (C=O) groups is 1. The Morgan fingerprint density at radius 2 is 2.27 bits per heavy atom. The van der Waals surface area contributed by atoms with Crippen molar-refractivity contribution in [3.63, 3.8) is 0 Å². The molecule has 0 saturated carbocycles. The smallest absolute Gasteiger partial charge is 0.352 e. The molecule has 0 fully saturated rings. The molecule has 3 rings (SSSR count). The van der Waals surface area contributed by atoms with Gasteiger partial charge < -0.3 is 15.4 Å². The number of nitrogens with zero attached hydrogens (tertiary/aromatic N) is 4. The molecule has 9 nitrogen and oxygen atoms in total. The summed E-state index contributed by atoms with van der Waals surface area (Å²) in [6.07, 6.45) is 1.46. The molecule has 0 radical (unpaired) electrons. The number of hydrogen-bond acceptors (Lipinski definition) is 6. The number of carboxylic acids is 1. The molecule has 22 heavy (non-hydrogen) atoms. The summed E-state index contributed by atoms with van der Waals surface area (Å²) in [4.78, 5) is 13.7. The summed E-state index contributed by atoms with van der Waals surface area (Å²) < 4.78 is 0. The zero-order valence-electron chi connectivity index (χ0n) is 11.0. The van der Waals surface area contributed by atoms with Crippen LogP contribution in [0.1, 0.15) is 16.3 Å². The molecule has 0 bridgehead atoms. The zero-order chi connectivity index (χ0) is 15.5. The predicted molar refractivity (Wildman–Crippen MR) is 76.6 cm³/mol. The number of aromatic nitrogens is 5. The monoisotopic (exact) mass is 295 g/mol. The molecule has 4 N–H and O–H groups in total. The van der Waals surface area contributed by atoms with Crippen molar-refractivity contribution in [2.45, 2.75) is 0 Å². The molecule has 1 aromatic carbocycles. The Hall–Kier alpha value is -3.67. The van der Waals surface area contributed by atoms with Crippen molar-refractivity contribution < 1.29 is 9.90 Å². The van der Waals surface area contributed by atoms with Gasteiger partial charge in [0.25, 0.3) is 0 Å². The van der Waals surface area contributed by atoms with E-state index in [0.29, 0.717) is 11.2 Å². The average Bonchev–Trinajstić information content (AvgIpc) is 3.16. The molecular weight excluding hydrogens is 286 g/mol. The Kier molecular flexibility index (Phi) is 3.25. The van der Waals surface area contributed by atoms with Crippen molar-refractivity contribution in [1.82, 2.24) is 25.6 Å². The zero-order valence-corrected chi connectivity index (χ0v) is 11.0. The Labute approximate surface area is 123 Å². The van der Waals surface area contributed by atoms with Crippen molar-refractivity contribution in [2.24, 2.45) is 0 Å². The van der Waals surface area contributed by atoms with Crippen molar-refractivity contribution in [3.05, 3.63) is 42.0 Å². The van der Waals surface area contributed by atoms with Crippen LogP contribution in [0.5, 0.6) is 0 Å². The average molecular weight is 295 g/mol. The maximum atomic E-state index is 10.9. The van der Waals surface area contributed by atoms with Crippen LogP contribution in [-0.4, -0.2) is 36.7 Å². The number of aromatic carboxylic acids is 1. The molecular formula is C13H9N7O2. The van der Waals surface area contributed by atoms with Crippen molar-refractivity contribution in [1.29, 1.82) is 5.26 Å². The highest BCUT2D eigenvalue weighted by Gasteiger charge is 2.08. The third-order valence-electron chi connectivity index (χ3n) is 2.94. The fourth-order valence-electron chi connectivity index (χ4n) is 1.92. The van der Waals surface area contributed by atoms with Crippen LogP contribution in [0.15, 0.2) is 30.5 Å². The molecule has 0 spiro atoms. The number of benzene rings is 1. The first kappa shape index (κ1) is 13.3. The van der Waals surface area contributed by atoms with Crippen molar-refractivity contribution in [3.8, 4) is 6.07 Å².